The van der Waals surface area contributed by atoms with E-state index < -0.39 is 0 Å². The number of nitrogens with zero attached hydrogens (tertiary/aromatic N) is 6. The van der Waals surface area contributed by atoms with E-state index in [0.29, 0.717) is 11.9 Å². The van der Waals surface area contributed by atoms with Gasteiger partial charge >= 0.3 is 0 Å². The van der Waals surface area contributed by atoms with Gasteiger partial charge in [-0.2, -0.15) is 5.10 Å². The maximum absolute atomic E-state index is 13.3. The van der Waals surface area contributed by atoms with Crippen LogP contribution in [-0.4, -0.2) is 40.7 Å². The number of rotatable bonds is 7. The van der Waals surface area contributed by atoms with Crippen molar-refractivity contribution < 1.29 is 4.79 Å². The van der Waals surface area contributed by atoms with Crippen LogP contribution in [0.15, 0.2) is 66.1 Å². The Bertz CT molecular complexity index is 1320. The van der Waals surface area contributed by atoms with Crippen LogP contribution >= 0.6 is 11.8 Å². The summed E-state index contributed by atoms with van der Waals surface area (Å²) in [5.41, 5.74) is 2.58. The third-order valence-corrected chi connectivity index (χ3v) is 6.93. The summed E-state index contributed by atoms with van der Waals surface area (Å²) in [6.45, 7) is 8.22. The molecule has 0 spiro atoms. The Labute approximate surface area is 209 Å². The van der Waals surface area contributed by atoms with Crippen molar-refractivity contribution in [3.63, 3.8) is 0 Å². The number of hydrogen-bond donors (Lipinski definition) is 1. The molecule has 9 heteroatoms. The molecule has 180 valence electrons. The highest BCUT2D eigenvalue weighted by Crippen LogP contribution is 2.41. The second kappa shape index (κ2) is 9.30. The van der Waals surface area contributed by atoms with Gasteiger partial charge in [0.05, 0.1) is 16.6 Å². The monoisotopic (exact) mass is 487 g/mol. The van der Waals surface area contributed by atoms with E-state index >= 15 is 0 Å². The minimum Gasteiger partial charge on any atom is -0.310 e. The maximum Gasteiger partial charge on any atom is 0.238 e. The number of pyridine rings is 1. The fraction of sp³-hybridized carbons (Fsp3) is 0.346. The highest BCUT2D eigenvalue weighted by Gasteiger charge is 2.32. The average Bonchev–Trinajstić information content (AvgIpc) is 3.45. The van der Waals surface area contributed by atoms with Crippen molar-refractivity contribution in [3.8, 4) is 17.1 Å². The largest absolute Gasteiger partial charge is 0.310 e. The Morgan fingerprint density at radius 2 is 1.89 bits per heavy atom. The van der Waals surface area contributed by atoms with Gasteiger partial charge in [0.15, 0.2) is 11.0 Å². The number of anilines is 1. The fourth-order valence-electron chi connectivity index (χ4n) is 3.75. The summed E-state index contributed by atoms with van der Waals surface area (Å²) in [6.07, 6.45) is 5.72. The molecule has 1 fully saturated rings. The zero-order valence-corrected chi connectivity index (χ0v) is 21.2. The molecule has 0 aliphatic heterocycles. The van der Waals surface area contributed by atoms with Crippen LogP contribution in [0.2, 0.25) is 0 Å². The third-order valence-electron chi connectivity index (χ3n) is 5.88. The number of hydrogen-bond acceptors (Lipinski definition) is 6. The lowest BCUT2D eigenvalue weighted by molar-refractivity contribution is -0.115. The molecule has 35 heavy (non-hydrogen) atoms. The Morgan fingerprint density at radius 1 is 1.11 bits per heavy atom. The quantitative estimate of drug-likeness (QED) is 0.357. The first-order valence-corrected chi connectivity index (χ1v) is 12.7. The van der Waals surface area contributed by atoms with Gasteiger partial charge in [0.2, 0.25) is 5.91 Å². The number of amides is 1. The summed E-state index contributed by atoms with van der Waals surface area (Å²) in [5.74, 6) is 1.34. The summed E-state index contributed by atoms with van der Waals surface area (Å²) in [4.78, 5) is 17.5. The molecule has 0 radical (unpaired) electrons. The minimum atomic E-state index is -0.379. The number of para-hydroxylation sites is 1. The predicted octanol–water partition coefficient (Wildman–Crippen LogP) is 5.28. The maximum atomic E-state index is 13.3. The van der Waals surface area contributed by atoms with Crippen LogP contribution in [0.25, 0.3) is 17.1 Å². The third kappa shape index (κ3) is 5.00. The van der Waals surface area contributed by atoms with Crippen molar-refractivity contribution in [1.82, 2.24) is 29.5 Å². The Hall–Kier alpha value is -3.46. The lowest BCUT2D eigenvalue weighted by atomic mass is 9.92. The molecule has 1 aliphatic rings. The van der Waals surface area contributed by atoms with Gasteiger partial charge in [-0.25, -0.2) is 4.68 Å². The topological polar surface area (TPSA) is 90.5 Å². The minimum absolute atomic E-state index is 0.110. The van der Waals surface area contributed by atoms with E-state index in [1.165, 1.54) is 11.8 Å². The van der Waals surface area contributed by atoms with E-state index in [0.717, 1.165) is 40.8 Å². The lowest BCUT2D eigenvalue weighted by Gasteiger charge is -2.14. The molecule has 1 aromatic carbocycles. The van der Waals surface area contributed by atoms with Crippen LogP contribution < -0.4 is 5.32 Å². The zero-order valence-electron chi connectivity index (χ0n) is 20.3. The molecule has 3 aromatic heterocycles. The van der Waals surface area contributed by atoms with E-state index in [2.05, 4.69) is 45.8 Å². The second-order valence-corrected chi connectivity index (χ2v) is 11.1. The molecular weight excluding hydrogens is 458 g/mol. The van der Waals surface area contributed by atoms with Crippen LogP contribution in [0, 0.1) is 0 Å². The summed E-state index contributed by atoms with van der Waals surface area (Å²) < 4.78 is 3.94. The van der Waals surface area contributed by atoms with E-state index in [1.54, 1.807) is 17.1 Å². The normalized spacial score (nSPS) is 14.6. The molecule has 5 rings (SSSR count). The smallest absolute Gasteiger partial charge is 0.238 e. The van der Waals surface area contributed by atoms with Gasteiger partial charge in [-0.15, -0.1) is 10.2 Å². The Kier molecular flexibility index (Phi) is 6.19. The molecule has 8 nitrogen and oxygen atoms in total. The van der Waals surface area contributed by atoms with Crippen molar-refractivity contribution in [1.29, 1.82) is 0 Å². The van der Waals surface area contributed by atoms with Gasteiger partial charge < -0.3 is 5.32 Å². The van der Waals surface area contributed by atoms with Crippen LogP contribution in [0.3, 0.4) is 0 Å². The molecule has 1 amide bonds. The van der Waals surface area contributed by atoms with E-state index in [4.69, 9.17) is 5.10 Å². The lowest BCUT2D eigenvalue weighted by Crippen LogP contribution is -2.24. The molecule has 1 atom stereocenters. The predicted molar refractivity (Wildman–Crippen MR) is 138 cm³/mol. The number of carbonyl (C=O) groups excluding carboxylic acids is 1. The number of benzene rings is 1. The van der Waals surface area contributed by atoms with Crippen molar-refractivity contribution in [2.75, 3.05) is 5.32 Å². The van der Waals surface area contributed by atoms with Crippen molar-refractivity contribution in [2.45, 2.75) is 62.4 Å². The van der Waals surface area contributed by atoms with Gasteiger partial charge in [0.1, 0.15) is 5.82 Å². The van der Waals surface area contributed by atoms with Crippen molar-refractivity contribution >= 4 is 23.5 Å². The number of carbonyl (C=O) groups is 1. The Balaban J connectivity index is 1.38. The number of thioether (sulfide) groups is 1. The molecule has 0 bridgehead atoms. The van der Waals surface area contributed by atoms with Crippen LogP contribution in [0.1, 0.15) is 52.3 Å². The molecule has 1 unspecified atom stereocenters. The molecular formula is C26H29N7OS. The highest BCUT2D eigenvalue weighted by atomic mass is 32.2. The fourth-order valence-corrected chi connectivity index (χ4v) is 4.67. The van der Waals surface area contributed by atoms with Crippen LogP contribution in [-0.2, 0) is 10.2 Å². The SMILES string of the molecule is CC(Sc1nnc(-c2cccnc2)n1C1CC1)C(=O)Nc1cc(C(C)(C)C)nn1-c1ccccc1. The number of nitrogens with one attached hydrogen (secondary N) is 1. The standard InChI is InChI=1S/C26H29N7OS/c1-17(35-25-30-29-23(32(25)19-12-13-19)18-9-8-14-27-16-18)24(34)28-22-15-21(26(2,3)4)31-33(22)20-10-6-5-7-11-20/h5-11,14-17,19H,12-13H2,1-4H3,(H,28,34). The molecule has 1 aliphatic carbocycles. The second-order valence-electron chi connectivity index (χ2n) is 9.81. The van der Waals surface area contributed by atoms with Crippen molar-refractivity contribution in [3.05, 3.63) is 66.6 Å². The van der Waals surface area contributed by atoms with Gasteiger partial charge in [0, 0.05) is 35.5 Å². The summed E-state index contributed by atoms with van der Waals surface area (Å²) >= 11 is 1.42. The van der Waals surface area contributed by atoms with Crippen LogP contribution in [0.5, 0.6) is 0 Å². The first-order chi connectivity index (χ1) is 16.8. The molecule has 4 aromatic rings. The van der Waals surface area contributed by atoms with Crippen LogP contribution in [0.4, 0.5) is 5.82 Å². The molecule has 1 saturated carbocycles. The average molecular weight is 488 g/mol. The van der Waals surface area contributed by atoms with E-state index in [-0.39, 0.29) is 16.6 Å². The molecule has 0 saturated heterocycles. The van der Waals surface area contributed by atoms with E-state index in [1.807, 2.05) is 55.5 Å². The van der Waals surface area contributed by atoms with Gasteiger partial charge in [-0.3, -0.25) is 14.3 Å². The summed E-state index contributed by atoms with van der Waals surface area (Å²) in [5, 5.41) is 17.1. The van der Waals surface area contributed by atoms with Gasteiger partial charge in [-0.1, -0.05) is 50.7 Å². The van der Waals surface area contributed by atoms with E-state index in [9.17, 15) is 4.79 Å². The number of aromatic nitrogens is 6. The van der Waals surface area contributed by atoms with Gasteiger partial charge in [-0.05, 0) is 44.0 Å². The highest BCUT2D eigenvalue weighted by molar-refractivity contribution is 8.00. The zero-order chi connectivity index (χ0) is 24.6. The van der Waals surface area contributed by atoms with Crippen molar-refractivity contribution in [2.24, 2.45) is 0 Å². The first kappa shape index (κ1) is 23.3. The molecule has 3 heterocycles. The van der Waals surface area contributed by atoms with Gasteiger partial charge in [0.25, 0.3) is 0 Å². The Morgan fingerprint density at radius 3 is 2.54 bits per heavy atom. The first-order valence-electron chi connectivity index (χ1n) is 11.8. The summed E-state index contributed by atoms with van der Waals surface area (Å²) in [7, 11) is 0. The molecule has 1 N–H and O–H groups in total. The summed E-state index contributed by atoms with van der Waals surface area (Å²) in [6, 6.07) is 16.0.